The Balaban J connectivity index is 1.24. The first-order chi connectivity index (χ1) is 14.8. The molecule has 0 spiro atoms. The maximum atomic E-state index is 4.48. The van der Waals surface area contributed by atoms with Gasteiger partial charge in [0.1, 0.15) is 0 Å². The Bertz CT molecular complexity index is 1060. The third-order valence-corrected chi connectivity index (χ3v) is 5.90. The molecule has 0 radical (unpaired) electrons. The summed E-state index contributed by atoms with van der Waals surface area (Å²) in [6, 6.07) is 23.5. The summed E-state index contributed by atoms with van der Waals surface area (Å²) in [4.78, 5) is 9.49. The Kier molecular flexibility index (Phi) is 5.08. The number of anilines is 1. The average molecular weight is 395 g/mol. The van der Waals surface area contributed by atoms with E-state index in [2.05, 4.69) is 87.4 Å². The van der Waals surface area contributed by atoms with Crippen LogP contribution in [0, 0.1) is 0 Å². The van der Waals surface area contributed by atoms with E-state index in [1.165, 1.54) is 11.3 Å². The highest BCUT2D eigenvalue weighted by Crippen LogP contribution is 2.28. The minimum absolute atomic E-state index is 0.897. The van der Waals surface area contributed by atoms with E-state index in [4.69, 9.17) is 0 Å². The summed E-state index contributed by atoms with van der Waals surface area (Å²) in [6.07, 6.45) is 3.92. The highest BCUT2D eigenvalue weighted by Gasteiger charge is 2.18. The quantitative estimate of drug-likeness (QED) is 0.707. The van der Waals surface area contributed by atoms with Crippen LogP contribution >= 0.6 is 0 Å². The van der Waals surface area contributed by atoms with Gasteiger partial charge in [-0.2, -0.15) is 0 Å². The van der Waals surface area contributed by atoms with E-state index in [-0.39, 0.29) is 0 Å². The number of rotatable bonds is 4. The average Bonchev–Trinajstić information content (AvgIpc) is 2.80. The van der Waals surface area contributed by atoms with Crippen LogP contribution in [0.3, 0.4) is 0 Å². The van der Waals surface area contributed by atoms with E-state index in [1.54, 1.807) is 0 Å². The number of hydrogen-bond donors (Lipinski definition) is 1. The van der Waals surface area contributed by atoms with Crippen molar-refractivity contribution in [3.63, 3.8) is 0 Å². The van der Waals surface area contributed by atoms with E-state index in [0.29, 0.717) is 0 Å². The van der Waals surface area contributed by atoms with E-state index in [9.17, 15) is 0 Å². The van der Waals surface area contributed by atoms with Crippen LogP contribution in [0.5, 0.6) is 0 Å². The lowest BCUT2D eigenvalue weighted by Crippen LogP contribution is -2.45. The van der Waals surface area contributed by atoms with Gasteiger partial charge < -0.3 is 10.2 Å². The number of pyridine rings is 1. The second-order valence-electron chi connectivity index (χ2n) is 7.89. The van der Waals surface area contributed by atoms with Gasteiger partial charge >= 0.3 is 0 Å². The van der Waals surface area contributed by atoms with Crippen molar-refractivity contribution in [3.8, 4) is 0 Å². The molecule has 0 aliphatic carbocycles. The maximum absolute atomic E-state index is 4.48. The van der Waals surface area contributed by atoms with E-state index in [0.717, 1.165) is 60.9 Å². The summed E-state index contributed by atoms with van der Waals surface area (Å²) < 4.78 is 0. The van der Waals surface area contributed by atoms with Crippen LogP contribution < -0.4 is 10.2 Å². The summed E-state index contributed by atoms with van der Waals surface area (Å²) in [6.45, 7) is 9.48. The SMILES string of the molecule is C=C1NC(c2ccc(N3CCN(Cc4ccccc4)CC3)cc2)=Cc2ncccc21. The van der Waals surface area contributed by atoms with Gasteiger partial charge in [0, 0.05) is 61.6 Å². The molecule has 3 aromatic rings. The second kappa shape index (κ2) is 8.17. The van der Waals surface area contributed by atoms with Gasteiger partial charge in [-0.1, -0.05) is 49.0 Å². The third-order valence-electron chi connectivity index (χ3n) is 5.90. The first-order valence-electron chi connectivity index (χ1n) is 10.5. The topological polar surface area (TPSA) is 31.4 Å². The highest BCUT2D eigenvalue weighted by molar-refractivity contribution is 5.92. The number of nitrogens with one attached hydrogen (secondary N) is 1. The first-order valence-corrected chi connectivity index (χ1v) is 10.5. The molecule has 0 unspecified atom stereocenters. The predicted octanol–water partition coefficient (Wildman–Crippen LogP) is 4.48. The minimum atomic E-state index is 0.897. The van der Waals surface area contributed by atoms with Crippen molar-refractivity contribution in [2.75, 3.05) is 31.1 Å². The van der Waals surface area contributed by atoms with Crippen molar-refractivity contribution in [3.05, 3.63) is 102 Å². The molecule has 4 nitrogen and oxygen atoms in total. The number of piperazine rings is 1. The first kappa shape index (κ1) is 18.6. The summed E-state index contributed by atoms with van der Waals surface area (Å²) in [5.41, 5.74) is 7.80. The van der Waals surface area contributed by atoms with Crippen LogP contribution in [0.1, 0.15) is 22.4 Å². The fourth-order valence-corrected chi connectivity index (χ4v) is 4.20. The summed E-state index contributed by atoms with van der Waals surface area (Å²) in [7, 11) is 0. The van der Waals surface area contributed by atoms with Gasteiger partial charge in [-0.25, -0.2) is 0 Å². The molecule has 3 heterocycles. The van der Waals surface area contributed by atoms with E-state index < -0.39 is 0 Å². The van der Waals surface area contributed by atoms with Crippen molar-refractivity contribution in [2.24, 2.45) is 0 Å². The molecule has 150 valence electrons. The van der Waals surface area contributed by atoms with E-state index in [1.807, 2.05) is 18.3 Å². The van der Waals surface area contributed by atoms with Gasteiger partial charge in [0.2, 0.25) is 0 Å². The number of fused-ring (bicyclic) bond motifs is 1. The lowest BCUT2D eigenvalue weighted by atomic mass is 10.0. The number of benzene rings is 2. The van der Waals surface area contributed by atoms with Crippen molar-refractivity contribution in [2.45, 2.75) is 6.54 Å². The van der Waals surface area contributed by atoms with Crippen LogP contribution in [0.25, 0.3) is 17.5 Å². The monoisotopic (exact) mass is 394 g/mol. The molecule has 0 bridgehead atoms. The fourth-order valence-electron chi connectivity index (χ4n) is 4.20. The molecule has 0 saturated carbocycles. The van der Waals surface area contributed by atoms with Crippen molar-refractivity contribution in [1.29, 1.82) is 0 Å². The summed E-state index contributed by atoms with van der Waals surface area (Å²) in [5, 5.41) is 3.42. The van der Waals surface area contributed by atoms with Crippen molar-refractivity contribution in [1.82, 2.24) is 15.2 Å². The van der Waals surface area contributed by atoms with Crippen LogP contribution in [-0.2, 0) is 6.54 Å². The molecule has 1 aromatic heterocycles. The van der Waals surface area contributed by atoms with Crippen LogP contribution in [0.2, 0.25) is 0 Å². The second-order valence-corrected chi connectivity index (χ2v) is 7.89. The Morgan fingerprint density at radius 3 is 2.40 bits per heavy atom. The molecule has 4 heteroatoms. The number of aromatic nitrogens is 1. The normalized spacial score (nSPS) is 16.6. The molecular weight excluding hydrogens is 368 g/mol. The molecule has 0 amide bonds. The Hall–Kier alpha value is -3.37. The zero-order valence-electron chi connectivity index (χ0n) is 17.1. The zero-order valence-corrected chi connectivity index (χ0v) is 17.1. The largest absolute Gasteiger partial charge is 0.369 e. The molecule has 2 aliphatic rings. The van der Waals surface area contributed by atoms with Gasteiger partial charge in [-0.05, 0) is 41.5 Å². The molecule has 1 fully saturated rings. The molecule has 2 aromatic carbocycles. The van der Waals surface area contributed by atoms with Gasteiger partial charge in [0.25, 0.3) is 0 Å². The minimum Gasteiger partial charge on any atom is -0.369 e. The molecule has 5 rings (SSSR count). The van der Waals surface area contributed by atoms with Gasteiger partial charge in [0.05, 0.1) is 5.69 Å². The summed E-state index contributed by atoms with van der Waals surface area (Å²) >= 11 is 0. The molecule has 1 N–H and O–H groups in total. The van der Waals surface area contributed by atoms with Crippen LogP contribution in [0.15, 0.2) is 79.5 Å². The lowest BCUT2D eigenvalue weighted by Gasteiger charge is -2.36. The summed E-state index contributed by atoms with van der Waals surface area (Å²) in [5.74, 6) is 0. The standard InChI is InChI=1S/C26H26N4/c1-20-24-8-5-13-27-26(24)18-25(28-20)22-9-11-23(12-10-22)30-16-14-29(15-17-30)19-21-6-3-2-4-7-21/h2-13,18,28H,1,14-17,19H2. The van der Waals surface area contributed by atoms with E-state index >= 15 is 0 Å². The smallest absolute Gasteiger partial charge is 0.0743 e. The van der Waals surface area contributed by atoms with Crippen molar-refractivity contribution < 1.29 is 0 Å². The fraction of sp³-hybridized carbons (Fsp3) is 0.192. The Morgan fingerprint density at radius 2 is 1.63 bits per heavy atom. The zero-order chi connectivity index (χ0) is 20.3. The Morgan fingerprint density at radius 1 is 0.867 bits per heavy atom. The Labute approximate surface area is 178 Å². The number of nitrogens with zero attached hydrogens (tertiary/aromatic N) is 3. The van der Waals surface area contributed by atoms with Crippen LogP contribution in [-0.4, -0.2) is 36.1 Å². The van der Waals surface area contributed by atoms with Crippen molar-refractivity contribution >= 4 is 23.2 Å². The van der Waals surface area contributed by atoms with Crippen LogP contribution in [0.4, 0.5) is 5.69 Å². The predicted molar refractivity (Wildman–Crippen MR) is 125 cm³/mol. The molecule has 1 saturated heterocycles. The van der Waals surface area contributed by atoms with Gasteiger partial charge in [-0.3, -0.25) is 9.88 Å². The van der Waals surface area contributed by atoms with Gasteiger partial charge in [-0.15, -0.1) is 0 Å². The molecule has 2 aliphatic heterocycles. The highest BCUT2D eigenvalue weighted by atomic mass is 15.3. The lowest BCUT2D eigenvalue weighted by molar-refractivity contribution is 0.250. The molecule has 30 heavy (non-hydrogen) atoms. The molecular formula is C26H26N4. The third kappa shape index (κ3) is 3.87. The maximum Gasteiger partial charge on any atom is 0.0743 e. The number of hydrogen-bond acceptors (Lipinski definition) is 4. The molecule has 0 atom stereocenters. The van der Waals surface area contributed by atoms with Gasteiger partial charge in [0.15, 0.2) is 0 Å².